The molecule has 34 nitrogen and oxygen atoms in total. The number of hydrogen-bond donors (Lipinski definition) is 17. The molecule has 0 aliphatic carbocycles. The van der Waals surface area contributed by atoms with E-state index in [9.17, 15) is 65.9 Å². The van der Waals surface area contributed by atoms with Crippen LogP contribution in [0.2, 0.25) is 0 Å². The van der Waals surface area contributed by atoms with Crippen LogP contribution in [0.4, 0.5) is 13.2 Å². The number of halogens is 3. The number of guanidine groups is 2. The van der Waals surface area contributed by atoms with Gasteiger partial charge in [0.25, 0.3) is 0 Å². The van der Waals surface area contributed by atoms with E-state index in [2.05, 4.69) is 67.8 Å². The largest absolute Gasteiger partial charge is 0.497 e. The molecule has 0 unspecified atom stereocenters. The highest BCUT2D eigenvalue weighted by Gasteiger charge is 2.38. The van der Waals surface area contributed by atoms with Crippen LogP contribution in [-0.4, -0.2) is 180 Å². The van der Waals surface area contributed by atoms with Gasteiger partial charge in [0.15, 0.2) is 11.9 Å². The monoisotopic (exact) mass is 1320 g/mol. The standard InChI is InChI=1S/C54H85N19O13.C2HF3O2/c1-29(2)45(46(56)78)73-51(83)37(12-6-8-18-55)69-49(81)38(14-10-20-63-53(57)58)71-52(84)40(24-33-26-61-28-66-33)72-50(82)39(15-11-21-64-54(59)60)70-48(80)36(13-7-9-19-62-31(4)74)68-47(79)30(3)67-43(76)27-65-42(75)22-32-23-44(77)86-41-25-34(85-5)16-17-35(32)41;3-2(4,5)1(6)7/h16-17,23,25-26,28-30,36-40,45H,6-15,18-22,24,27,55H2,1-5H3,(H2,56,78)(H,61,66)(H,62,74)(H,65,75)(H,67,76)(H,68,79)(H,69,81)(H,70,80)(H,71,84)(H,72,82)(H,73,83)(H4,57,58,63)(H4,59,60,64);(H,6,7)/t30-,36-,37-,38-,39-,40-,45-;/m0./s1. The predicted octanol–water partition coefficient (Wildman–Crippen LogP) is -3.84. The number of hydrogen-bond acceptors (Lipinski definition) is 18. The molecule has 93 heavy (non-hydrogen) atoms. The minimum atomic E-state index is -5.08. The lowest BCUT2D eigenvalue weighted by atomic mass is 10.0. The Kier molecular flexibility index (Phi) is 34.5. The zero-order valence-electron chi connectivity index (χ0n) is 52.2. The summed E-state index contributed by atoms with van der Waals surface area (Å²) in [5.41, 5.74) is 33.7. The number of unbranched alkanes of at least 4 members (excludes halogenated alkanes) is 2. The van der Waals surface area contributed by atoms with E-state index in [4.69, 9.17) is 53.5 Å². The lowest BCUT2D eigenvalue weighted by molar-refractivity contribution is -0.192. The van der Waals surface area contributed by atoms with Crippen molar-refractivity contribution in [3.8, 4) is 5.75 Å². The number of amides is 10. The summed E-state index contributed by atoms with van der Waals surface area (Å²) in [5.74, 6) is -10.7. The van der Waals surface area contributed by atoms with E-state index in [0.717, 1.165) is 6.07 Å². The molecule has 7 atom stereocenters. The van der Waals surface area contributed by atoms with Crippen molar-refractivity contribution < 1.29 is 80.2 Å². The molecule has 3 aromatic rings. The van der Waals surface area contributed by atoms with Crippen molar-refractivity contribution >= 4 is 87.9 Å². The van der Waals surface area contributed by atoms with Gasteiger partial charge in [-0.1, -0.05) is 13.8 Å². The highest BCUT2D eigenvalue weighted by Crippen LogP contribution is 2.23. The maximum absolute atomic E-state index is 14.6. The van der Waals surface area contributed by atoms with E-state index in [1.54, 1.807) is 26.0 Å². The molecule has 0 fully saturated rings. The number of alkyl halides is 3. The Balaban J connectivity index is 0.00000396. The molecule has 23 N–H and O–H groups in total. The number of fused-ring (bicyclic) bond motifs is 1. The Labute approximate surface area is 532 Å². The molecular weight excluding hydrogens is 1240 g/mol. The van der Waals surface area contributed by atoms with E-state index in [1.165, 1.54) is 39.5 Å². The fourth-order valence-corrected chi connectivity index (χ4v) is 8.60. The Morgan fingerprint density at radius 1 is 0.667 bits per heavy atom. The van der Waals surface area contributed by atoms with Gasteiger partial charge in [-0.25, -0.2) is 14.6 Å². The summed E-state index contributed by atoms with van der Waals surface area (Å²) in [6, 6.07) is -3.35. The average Bonchev–Trinajstić information content (AvgIpc) is 1.14. The van der Waals surface area contributed by atoms with Crippen molar-refractivity contribution in [2.75, 3.05) is 39.8 Å². The quantitative estimate of drug-likeness (QED) is 0.0113. The Bertz CT molecular complexity index is 3120. The van der Waals surface area contributed by atoms with Crippen molar-refractivity contribution in [3.63, 3.8) is 0 Å². The summed E-state index contributed by atoms with van der Waals surface area (Å²) in [6.07, 6.45) is -1.30. The Morgan fingerprint density at radius 3 is 1.62 bits per heavy atom. The van der Waals surface area contributed by atoms with Gasteiger partial charge in [0.2, 0.25) is 59.1 Å². The summed E-state index contributed by atoms with van der Waals surface area (Å²) in [6.45, 7) is 5.99. The first-order chi connectivity index (χ1) is 43.8. The van der Waals surface area contributed by atoms with Crippen molar-refractivity contribution in [1.82, 2.24) is 57.8 Å². The topological polar surface area (TPSA) is 565 Å². The fraction of sp³-hybridized carbons (Fsp3) is 0.554. The van der Waals surface area contributed by atoms with Gasteiger partial charge < -0.3 is 101 Å². The summed E-state index contributed by atoms with van der Waals surface area (Å²) < 4.78 is 42.2. The number of carboxylic acids is 1. The molecule has 0 saturated carbocycles. The second kappa shape index (κ2) is 40.6. The number of H-pyrrole nitrogens is 1. The van der Waals surface area contributed by atoms with Gasteiger partial charge in [-0.2, -0.15) is 13.2 Å². The Hall–Kier alpha value is -10.1. The van der Waals surface area contributed by atoms with Crippen LogP contribution in [0.5, 0.6) is 5.75 Å². The predicted molar refractivity (Wildman–Crippen MR) is 330 cm³/mol. The average molecular weight is 1320 g/mol. The number of nitrogens with one attached hydrogen (secondary N) is 10. The smallest absolute Gasteiger partial charge is 0.490 e. The molecule has 1 aromatic carbocycles. The number of carboxylic acid groups (broad SMARTS) is 1. The molecule has 0 radical (unpaired) electrons. The Morgan fingerprint density at radius 2 is 1.16 bits per heavy atom. The van der Waals surface area contributed by atoms with Crippen LogP contribution in [0.15, 0.2) is 56.0 Å². The third kappa shape index (κ3) is 31.0. The highest BCUT2D eigenvalue weighted by molar-refractivity contribution is 5.98. The first-order valence-electron chi connectivity index (χ1n) is 29.4. The summed E-state index contributed by atoms with van der Waals surface area (Å²) >= 11 is 0. The number of nitrogens with zero attached hydrogens (tertiary/aromatic N) is 3. The molecule has 37 heteroatoms. The van der Waals surface area contributed by atoms with E-state index < -0.39 is 126 Å². The van der Waals surface area contributed by atoms with Gasteiger partial charge in [0.05, 0.1) is 26.4 Å². The second-order valence-electron chi connectivity index (χ2n) is 21.4. The minimum absolute atomic E-state index is 0.000337. The van der Waals surface area contributed by atoms with E-state index in [0.29, 0.717) is 41.7 Å². The number of aromatic nitrogens is 2. The van der Waals surface area contributed by atoms with Crippen LogP contribution in [0.1, 0.15) is 103 Å². The molecule has 2 heterocycles. The molecule has 0 spiro atoms. The number of ether oxygens (including phenoxy) is 1. The minimum Gasteiger partial charge on any atom is -0.497 e. The molecule has 0 aliphatic rings. The summed E-state index contributed by atoms with van der Waals surface area (Å²) in [5, 5.41) is 31.1. The van der Waals surface area contributed by atoms with Crippen LogP contribution >= 0.6 is 0 Å². The lowest BCUT2D eigenvalue weighted by Crippen LogP contribution is -2.60. The van der Waals surface area contributed by atoms with Gasteiger partial charge in [-0.05, 0) is 101 Å². The summed E-state index contributed by atoms with van der Waals surface area (Å²) in [4.78, 5) is 171. The molecule has 10 amide bonds. The van der Waals surface area contributed by atoms with Crippen LogP contribution < -0.4 is 92.6 Å². The molecule has 3 rings (SSSR count). The van der Waals surface area contributed by atoms with Crippen molar-refractivity contribution in [2.45, 2.75) is 153 Å². The van der Waals surface area contributed by atoms with Crippen LogP contribution in [0.25, 0.3) is 11.0 Å². The molecule has 0 saturated heterocycles. The molecule has 2 aromatic heterocycles. The van der Waals surface area contributed by atoms with Gasteiger partial charge in [0, 0.05) is 62.4 Å². The van der Waals surface area contributed by atoms with Crippen molar-refractivity contribution in [1.29, 1.82) is 0 Å². The number of benzene rings is 1. The van der Waals surface area contributed by atoms with E-state index in [-0.39, 0.29) is 107 Å². The number of primary amides is 1. The van der Waals surface area contributed by atoms with Gasteiger partial charge in [-0.15, -0.1) is 0 Å². The molecule has 0 bridgehead atoms. The van der Waals surface area contributed by atoms with E-state index in [1.807, 2.05) is 0 Å². The molecule has 0 aliphatic heterocycles. The fourth-order valence-electron chi connectivity index (χ4n) is 8.60. The third-order valence-corrected chi connectivity index (χ3v) is 13.4. The second-order valence-corrected chi connectivity index (χ2v) is 21.4. The number of carbonyl (C=O) groups excluding carboxylic acids is 10. The number of aliphatic imine (C=N–C) groups is 2. The van der Waals surface area contributed by atoms with Crippen LogP contribution in [0, 0.1) is 5.92 Å². The normalized spacial score (nSPS) is 13.2. The first kappa shape index (κ1) is 79.0. The van der Waals surface area contributed by atoms with Gasteiger partial charge >= 0.3 is 17.8 Å². The lowest BCUT2D eigenvalue weighted by Gasteiger charge is -2.28. The number of aliphatic carboxylic acids is 1. The highest BCUT2D eigenvalue weighted by atomic mass is 19.4. The van der Waals surface area contributed by atoms with Crippen LogP contribution in [-0.2, 0) is 65.6 Å². The zero-order chi connectivity index (χ0) is 70.0. The van der Waals surface area contributed by atoms with E-state index >= 15 is 0 Å². The number of rotatable bonds is 39. The first-order valence-corrected chi connectivity index (χ1v) is 29.4. The van der Waals surface area contributed by atoms with Gasteiger partial charge in [0.1, 0.15) is 53.6 Å². The van der Waals surface area contributed by atoms with Crippen molar-refractivity contribution in [2.24, 2.45) is 50.3 Å². The SMILES string of the molecule is COc1ccc2c(CC(=O)NCC(=O)N[C@@H](C)C(=O)N[C@@H](CCCCNC(C)=O)C(=O)N[C@@H](CCCN=C(N)N)C(=O)N[C@@H](Cc3cnc[nH]3)C(=O)N[C@@H](CCCN=C(N)N)C(=O)N[C@@H](CCCCN)C(=O)N[C@H](C(N)=O)C(C)C)cc(=O)oc2c1.O=C(O)C(F)(F)F. The number of imidazole rings is 1. The van der Waals surface area contributed by atoms with Crippen molar-refractivity contribution in [3.05, 3.63) is 58.5 Å². The number of nitrogens with two attached hydrogens (primary N) is 6. The summed E-state index contributed by atoms with van der Waals surface area (Å²) in [7, 11) is 1.44. The van der Waals surface area contributed by atoms with Gasteiger partial charge in [-0.3, -0.25) is 57.9 Å². The zero-order valence-corrected chi connectivity index (χ0v) is 52.2. The third-order valence-electron chi connectivity index (χ3n) is 13.4. The maximum atomic E-state index is 14.6. The van der Waals surface area contributed by atoms with Crippen LogP contribution in [0.3, 0.4) is 0 Å². The molecular formula is C56H86F3N19O15. The number of aromatic amines is 1. The molecule has 516 valence electrons. The number of methoxy groups -OCH3 is 1. The number of carbonyl (C=O) groups is 11. The maximum Gasteiger partial charge on any atom is 0.490 e.